The molecule has 1 aromatic heterocycles. The lowest BCUT2D eigenvalue weighted by Gasteiger charge is -2.08. The van der Waals surface area contributed by atoms with E-state index < -0.39 is 0 Å². The molecule has 0 atom stereocenters. The molecule has 3 rings (SSSR count). The van der Waals surface area contributed by atoms with Crippen LogP contribution in [-0.4, -0.2) is 11.8 Å². The van der Waals surface area contributed by atoms with E-state index in [4.69, 9.17) is 0 Å². The van der Waals surface area contributed by atoms with E-state index in [9.17, 15) is 0 Å². The van der Waals surface area contributed by atoms with Gasteiger partial charge in [0, 0.05) is 28.1 Å². The highest BCUT2D eigenvalue weighted by Crippen LogP contribution is 2.32. The third-order valence-corrected chi connectivity index (χ3v) is 5.07. The van der Waals surface area contributed by atoms with Gasteiger partial charge in [-0.1, -0.05) is 0 Å². The Morgan fingerprint density at radius 3 is 3.14 bits per heavy atom. The third-order valence-electron chi connectivity index (χ3n) is 2.82. The zero-order valence-corrected chi connectivity index (χ0v) is 9.85. The Balaban J connectivity index is 1.68. The van der Waals surface area contributed by atoms with Crippen LogP contribution in [0.3, 0.4) is 0 Å². The minimum absolute atomic E-state index is 0.837. The molecule has 0 bridgehead atoms. The maximum absolute atomic E-state index is 3.59. The fourth-order valence-corrected chi connectivity index (χ4v) is 4.16. The highest BCUT2D eigenvalue weighted by Gasteiger charge is 2.21. The lowest BCUT2D eigenvalue weighted by atomic mass is 10.2. The first-order valence-corrected chi connectivity index (χ1v) is 7.30. The van der Waals surface area contributed by atoms with E-state index in [0.717, 1.165) is 12.6 Å². The normalized spacial score (nSPS) is 20.9. The zero-order valence-electron chi connectivity index (χ0n) is 8.21. The monoisotopic (exact) mass is 225 g/mol. The van der Waals surface area contributed by atoms with Crippen LogP contribution in [-0.2, 0) is 18.7 Å². The topological polar surface area (TPSA) is 12.0 Å². The molecule has 1 aliphatic heterocycles. The van der Waals surface area contributed by atoms with E-state index in [2.05, 4.69) is 23.1 Å². The van der Waals surface area contributed by atoms with Gasteiger partial charge < -0.3 is 5.32 Å². The van der Waals surface area contributed by atoms with Crippen molar-refractivity contribution in [3.8, 4) is 0 Å². The van der Waals surface area contributed by atoms with Crippen LogP contribution in [0.5, 0.6) is 0 Å². The second-order valence-corrected chi connectivity index (χ2v) is 6.45. The number of thiophene rings is 1. The van der Waals surface area contributed by atoms with Crippen molar-refractivity contribution in [1.82, 2.24) is 5.32 Å². The quantitative estimate of drug-likeness (QED) is 0.849. The minimum Gasteiger partial charge on any atom is -0.309 e. The van der Waals surface area contributed by atoms with E-state index in [1.54, 1.807) is 15.3 Å². The smallest absolute Gasteiger partial charge is 0.0302 e. The van der Waals surface area contributed by atoms with E-state index in [-0.39, 0.29) is 0 Å². The standard InChI is InChI=1S/C11H15NS2/c1-2-9(1)12-6-10-5-8-7-13-4-3-11(8)14-10/h5,9,12H,1-4,6-7H2. The summed E-state index contributed by atoms with van der Waals surface area (Å²) in [5, 5.41) is 3.59. The number of hydrogen-bond donors (Lipinski definition) is 1. The van der Waals surface area contributed by atoms with Crippen LogP contribution < -0.4 is 5.32 Å². The van der Waals surface area contributed by atoms with Gasteiger partial charge in [0.05, 0.1) is 0 Å². The number of thioether (sulfide) groups is 1. The first-order valence-electron chi connectivity index (χ1n) is 5.33. The summed E-state index contributed by atoms with van der Waals surface area (Å²) >= 11 is 4.10. The van der Waals surface area contributed by atoms with Gasteiger partial charge in [-0.25, -0.2) is 0 Å². The van der Waals surface area contributed by atoms with Gasteiger partial charge in [0.15, 0.2) is 0 Å². The summed E-state index contributed by atoms with van der Waals surface area (Å²) in [5.41, 5.74) is 1.61. The summed E-state index contributed by atoms with van der Waals surface area (Å²) in [6.45, 7) is 1.10. The van der Waals surface area contributed by atoms with Crippen molar-refractivity contribution in [1.29, 1.82) is 0 Å². The predicted octanol–water partition coefficient (Wildman–Crippen LogP) is 2.79. The van der Waals surface area contributed by atoms with Crippen molar-refractivity contribution in [3.63, 3.8) is 0 Å². The second-order valence-electron chi connectivity index (χ2n) is 4.12. The van der Waals surface area contributed by atoms with Gasteiger partial charge in [-0.3, -0.25) is 0 Å². The first-order chi connectivity index (χ1) is 6.92. The highest BCUT2D eigenvalue weighted by atomic mass is 32.2. The average molecular weight is 225 g/mol. The first kappa shape index (κ1) is 9.25. The molecule has 76 valence electrons. The summed E-state index contributed by atoms with van der Waals surface area (Å²) < 4.78 is 0. The molecule has 3 heteroatoms. The Morgan fingerprint density at radius 1 is 1.43 bits per heavy atom. The van der Waals surface area contributed by atoms with E-state index in [0.29, 0.717) is 0 Å². The van der Waals surface area contributed by atoms with E-state index >= 15 is 0 Å². The summed E-state index contributed by atoms with van der Waals surface area (Å²) in [6.07, 6.45) is 4.08. The molecule has 2 aliphatic rings. The molecule has 1 fully saturated rings. The maximum Gasteiger partial charge on any atom is 0.0302 e. The van der Waals surface area contributed by atoms with Gasteiger partial charge in [0.2, 0.25) is 0 Å². The van der Waals surface area contributed by atoms with Crippen LogP contribution in [0.2, 0.25) is 0 Å². The molecule has 1 N–H and O–H groups in total. The fraction of sp³-hybridized carbons (Fsp3) is 0.636. The Morgan fingerprint density at radius 2 is 2.36 bits per heavy atom. The Labute approximate surface area is 93.3 Å². The van der Waals surface area contributed by atoms with Crippen molar-refractivity contribution in [2.24, 2.45) is 0 Å². The van der Waals surface area contributed by atoms with Gasteiger partial charge in [-0.05, 0) is 36.6 Å². The molecular formula is C11H15NS2. The van der Waals surface area contributed by atoms with Gasteiger partial charge in [0.25, 0.3) is 0 Å². The molecule has 0 radical (unpaired) electrons. The molecule has 0 unspecified atom stereocenters. The lowest BCUT2D eigenvalue weighted by Crippen LogP contribution is -2.14. The van der Waals surface area contributed by atoms with Crippen LogP contribution >= 0.6 is 23.1 Å². The van der Waals surface area contributed by atoms with Crippen LogP contribution in [0.15, 0.2) is 6.07 Å². The van der Waals surface area contributed by atoms with Crippen LogP contribution in [0.25, 0.3) is 0 Å². The molecule has 1 saturated carbocycles. The second kappa shape index (κ2) is 3.87. The Kier molecular flexibility index (Phi) is 2.56. The van der Waals surface area contributed by atoms with Crippen LogP contribution in [0.4, 0.5) is 0 Å². The van der Waals surface area contributed by atoms with Gasteiger partial charge >= 0.3 is 0 Å². The molecule has 0 saturated heterocycles. The van der Waals surface area contributed by atoms with Crippen molar-refractivity contribution < 1.29 is 0 Å². The minimum atomic E-state index is 0.837. The number of hydrogen-bond acceptors (Lipinski definition) is 3. The summed E-state index contributed by atoms with van der Waals surface area (Å²) in [7, 11) is 0. The van der Waals surface area contributed by atoms with E-state index in [1.165, 1.54) is 30.8 Å². The Bertz CT molecular complexity index is 305. The van der Waals surface area contributed by atoms with Crippen molar-refractivity contribution in [3.05, 3.63) is 21.4 Å². The molecule has 0 aromatic carbocycles. The molecule has 1 nitrogen and oxygen atoms in total. The number of nitrogens with one attached hydrogen (secondary N) is 1. The largest absolute Gasteiger partial charge is 0.309 e. The summed E-state index contributed by atoms with van der Waals surface area (Å²) in [4.78, 5) is 3.20. The van der Waals surface area contributed by atoms with Gasteiger partial charge in [-0.15, -0.1) is 11.3 Å². The molecule has 0 spiro atoms. The van der Waals surface area contributed by atoms with Crippen molar-refractivity contribution >= 4 is 23.1 Å². The number of rotatable bonds is 3. The number of fused-ring (bicyclic) bond motifs is 1. The Hall–Kier alpha value is 0.0100. The molecule has 0 amide bonds. The van der Waals surface area contributed by atoms with E-state index in [1.807, 2.05) is 11.3 Å². The molecule has 14 heavy (non-hydrogen) atoms. The van der Waals surface area contributed by atoms with Gasteiger partial charge in [-0.2, -0.15) is 11.8 Å². The van der Waals surface area contributed by atoms with Gasteiger partial charge in [0.1, 0.15) is 0 Å². The zero-order chi connectivity index (χ0) is 9.38. The molecular weight excluding hydrogens is 210 g/mol. The summed E-state index contributed by atoms with van der Waals surface area (Å²) in [5.74, 6) is 2.57. The maximum atomic E-state index is 3.59. The SMILES string of the molecule is c1c(CNC2CC2)sc2c1CSCC2. The fourth-order valence-electron chi connectivity index (χ4n) is 1.83. The van der Waals surface area contributed by atoms with Crippen molar-refractivity contribution in [2.45, 2.75) is 37.6 Å². The average Bonchev–Trinajstić information content (AvgIpc) is 2.94. The van der Waals surface area contributed by atoms with Crippen LogP contribution in [0.1, 0.15) is 28.2 Å². The summed E-state index contributed by atoms with van der Waals surface area (Å²) in [6, 6.07) is 3.25. The predicted molar refractivity (Wildman–Crippen MR) is 64.0 cm³/mol. The lowest BCUT2D eigenvalue weighted by molar-refractivity contribution is 0.695. The van der Waals surface area contributed by atoms with Crippen LogP contribution in [0, 0.1) is 0 Å². The highest BCUT2D eigenvalue weighted by molar-refractivity contribution is 7.98. The molecule has 1 aromatic rings. The molecule has 1 aliphatic carbocycles. The third kappa shape index (κ3) is 2.00. The van der Waals surface area contributed by atoms with Crippen molar-refractivity contribution in [2.75, 3.05) is 5.75 Å². The number of aryl methyl sites for hydroxylation is 1. The molecule has 2 heterocycles.